The van der Waals surface area contributed by atoms with Gasteiger partial charge in [0.1, 0.15) is 22.8 Å². The standard InChI is InChI=1S/C27H30BrFN4O4S/c1-13-8-16-21(20(29)19(13)28)30-24(38-5)17-10-15(12-31-6-7-36-25(31)34)33(23(16)17)22-14-9-18(22)32(11-14)26(35)37-27(2,3)4/h8,10,14,18,22H,6-7,9,11-12H2,1-5H3/t14-,18?,22+/m1/s1. The van der Waals surface area contributed by atoms with Gasteiger partial charge in [-0.1, -0.05) is 0 Å². The van der Waals surface area contributed by atoms with Crippen molar-refractivity contribution < 1.29 is 23.5 Å². The fraction of sp³-hybridized carbons (Fsp3) is 0.519. The highest BCUT2D eigenvalue weighted by atomic mass is 79.9. The number of carbonyl (C=O) groups is 2. The van der Waals surface area contributed by atoms with Gasteiger partial charge in [-0.15, -0.1) is 11.8 Å². The third kappa shape index (κ3) is 3.95. The van der Waals surface area contributed by atoms with Crippen LogP contribution in [0, 0.1) is 18.7 Å². The Morgan fingerprint density at radius 1 is 1.32 bits per heavy atom. The first-order valence-electron chi connectivity index (χ1n) is 12.8. The van der Waals surface area contributed by atoms with Gasteiger partial charge in [0, 0.05) is 28.9 Å². The molecule has 2 aromatic heterocycles. The Bertz CT molecular complexity index is 1500. The number of carbonyl (C=O) groups excluding carboxylic acids is 2. The van der Waals surface area contributed by atoms with Gasteiger partial charge in [-0.2, -0.15) is 0 Å². The molecule has 7 rings (SSSR count). The number of nitrogens with zero attached hydrogens (tertiary/aromatic N) is 4. The Morgan fingerprint density at radius 2 is 2.08 bits per heavy atom. The first kappa shape index (κ1) is 25.7. The van der Waals surface area contributed by atoms with Crippen molar-refractivity contribution in [3.63, 3.8) is 0 Å². The maximum absolute atomic E-state index is 15.5. The molecular weight excluding hydrogens is 575 g/mol. The Balaban J connectivity index is 1.55. The molecule has 1 aromatic carbocycles. The van der Waals surface area contributed by atoms with Crippen molar-refractivity contribution in [2.45, 2.75) is 63.4 Å². The van der Waals surface area contributed by atoms with E-state index >= 15 is 4.39 Å². The number of amides is 2. The van der Waals surface area contributed by atoms with Crippen molar-refractivity contribution >= 4 is 61.7 Å². The summed E-state index contributed by atoms with van der Waals surface area (Å²) in [6, 6.07) is 3.99. The number of benzene rings is 1. The van der Waals surface area contributed by atoms with E-state index in [0.29, 0.717) is 36.2 Å². The topological polar surface area (TPSA) is 76.9 Å². The van der Waals surface area contributed by atoms with E-state index < -0.39 is 5.60 Å². The number of pyridine rings is 1. The number of thioether (sulfide) groups is 1. The van der Waals surface area contributed by atoms with Crippen molar-refractivity contribution in [3.05, 3.63) is 33.7 Å². The van der Waals surface area contributed by atoms with E-state index in [0.717, 1.165) is 39.0 Å². The lowest BCUT2D eigenvalue weighted by Crippen LogP contribution is -2.44. The van der Waals surface area contributed by atoms with Crippen LogP contribution < -0.4 is 0 Å². The van der Waals surface area contributed by atoms with Crippen LogP contribution in [0.2, 0.25) is 0 Å². The molecule has 8 nitrogen and oxygen atoms in total. The summed E-state index contributed by atoms with van der Waals surface area (Å²) in [5, 5.41) is 2.37. The number of halogens is 2. The van der Waals surface area contributed by atoms with Crippen molar-refractivity contribution in [3.8, 4) is 0 Å². The molecule has 3 aliphatic heterocycles. The second kappa shape index (κ2) is 9.01. The highest BCUT2D eigenvalue weighted by Crippen LogP contribution is 2.53. The summed E-state index contributed by atoms with van der Waals surface area (Å²) in [6.07, 6.45) is 2.16. The van der Waals surface area contributed by atoms with Crippen molar-refractivity contribution in [1.82, 2.24) is 19.4 Å². The van der Waals surface area contributed by atoms with E-state index in [1.807, 2.05) is 44.9 Å². The zero-order valence-electron chi connectivity index (χ0n) is 22.0. The quantitative estimate of drug-likeness (QED) is 0.327. The first-order valence-corrected chi connectivity index (χ1v) is 14.8. The van der Waals surface area contributed by atoms with E-state index in [4.69, 9.17) is 14.5 Å². The average molecular weight is 606 g/mol. The van der Waals surface area contributed by atoms with Gasteiger partial charge < -0.3 is 18.9 Å². The van der Waals surface area contributed by atoms with Gasteiger partial charge in [-0.3, -0.25) is 4.90 Å². The largest absolute Gasteiger partial charge is 0.448 e. The smallest absolute Gasteiger partial charge is 0.410 e. The number of hydrogen-bond donors (Lipinski definition) is 0. The Labute approximate surface area is 232 Å². The van der Waals surface area contributed by atoms with Crippen LogP contribution in [0.25, 0.3) is 21.8 Å². The molecule has 4 aliphatic rings. The molecule has 3 aromatic rings. The molecular formula is C27H30BrFN4O4S. The summed E-state index contributed by atoms with van der Waals surface area (Å²) in [6.45, 7) is 9.31. The third-order valence-corrected chi connectivity index (χ3v) is 9.42. The van der Waals surface area contributed by atoms with Gasteiger partial charge in [0.25, 0.3) is 0 Å². The molecule has 0 N–H and O–H groups in total. The summed E-state index contributed by atoms with van der Waals surface area (Å²) >= 11 is 4.85. The molecule has 11 heteroatoms. The predicted octanol–water partition coefficient (Wildman–Crippen LogP) is 6.25. The minimum Gasteiger partial charge on any atom is -0.448 e. The highest BCUT2D eigenvalue weighted by molar-refractivity contribution is 9.10. The van der Waals surface area contributed by atoms with Crippen LogP contribution in [0.15, 0.2) is 21.6 Å². The molecule has 3 saturated heterocycles. The molecule has 3 atom stereocenters. The van der Waals surface area contributed by atoms with Crippen LogP contribution >= 0.6 is 27.7 Å². The fourth-order valence-electron chi connectivity index (χ4n) is 6.10. The Morgan fingerprint density at radius 3 is 2.74 bits per heavy atom. The number of aryl methyl sites for hydroxylation is 1. The second-order valence-corrected chi connectivity index (χ2v) is 12.9. The summed E-state index contributed by atoms with van der Waals surface area (Å²) in [4.78, 5) is 33.7. The number of rotatable bonds is 4. The summed E-state index contributed by atoms with van der Waals surface area (Å²) in [5.41, 5.74) is 2.32. The van der Waals surface area contributed by atoms with E-state index in [9.17, 15) is 9.59 Å². The normalized spacial score (nSPS) is 22.9. The van der Waals surface area contributed by atoms with Crippen LogP contribution in [-0.2, 0) is 16.0 Å². The number of aromatic nitrogens is 2. The van der Waals surface area contributed by atoms with E-state index in [1.54, 1.807) is 4.90 Å². The van der Waals surface area contributed by atoms with Crippen molar-refractivity contribution in [2.24, 2.45) is 5.92 Å². The fourth-order valence-corrected chi connectivity index (χ4v) is 6.96. The van der Waals surface area contributed by atoms with Crippen molar-refractivity contribution in [2.75, 3.05) is 26.0 Å². The number of hydrogen-bond acceptors (Lipinski definition) is 6. The van der Waals surface area contributed by atoms with Crippen molar-refractivity contribution in [1.29, 1.82) is 0 Å². The number of cyclic esters (lactones) is 1. The van der Waals surface area contributed by atoms with Crippen LogP contribution in [0.1, 0.15) is 44.5 Å². The van der Waals surface area contributed by atoms with Crippen LogP contribution in [0.4, 0.5) is 14.0 Å². The number of ether oxygens (including phenoxy) is 2. The zero-order chi connectivity index (χ0) is 27.1. The first-order chi connectivity index (χ1) is 18.0. The molecule has 1 saturated carbocycles. The second-order valence-electron chi connectivity index (χ2n) is 11.3. The molecule has 4 fully saturated rings. The molecule has 202 valence electrons. The summed E-state index contributed by atoms with van der Waals surface area (Å²) in [7, 11) is 0. The van der Waals surface area contributed by atoms with Gasteiger partial charge in [0.15, 0.2) is 5.82 Å². The van der Waals surface area contributed by atoms with Crippen LogP contribution in [0.3, 0.4) is 0 Å². The van der Waals surface area contributed by atoms with E-state index in [-0.39, 0.29) is 36.0 Å². The maximum atomic E-state index is 15.5. The lowest BCUT2D eigenvalue weighted by molar-refractivity contribution is 0.0209. The van der Waals surface area contributed by atoms with Crippen LogP contribution in [-0.4, -0.2) is 69.1 Å². The van der Waals surface area contributed by atoms with Gasteiger partial charge in [0.05, 0.1) is 35.2 Å². The molecule has 38 heavy (non-hydrogen) atoms. The molecule has 1 aliphatic carbocycles. The minimum atomic E-state index is -0.585. The summed E-state index contributed by atoms with van der Waals surface area (Å²) < 4.78 is 29.1. The third-order valence-electron chi connectivity index (χ3n) is 7.75. The summed E-state index contributed by atoms with van der Waals surface area (Å²) in [5.74, 6) is -0.156. The van der Waals surface area contributed by atoms with E-state index in [2.05, 4.69) is 26.6 Å². The lowest BCUT2D eigenvalue weighted by atomic mass is 9.79. The van der Waals surface area contributed by atoms with E-state index in [1.165, 1.54) is 11.8 Å². The number of fused-ring (bicyclic) bond motifs is 4. The molecule has 1 unspecified atom stereocenters. The van der Waals surface area contributed by atoms with Crippen LogP contribution in [0.5, 0.6) is 0 Å². The van der Waals surface area contributed by atoms with Gasteiger partial charge >= 0.3 is 12.2 Å². The molecule has 2 amide bonds. The Kier molecular flexibility index (Phi) is 6.10. The molecule has 5 heterocycles. The SMILES string of the molecule is CSc1nc2c(F)c(Br)c(C)cc2c2c1cc(CN1CCOC1=O)n2[C@@H]1C2C[C@@H]1CN2C(=O)OC(C)(C)C. The van der Waals surface area contributed by atoms with Gasteiger partial charge in [0.2, 0.25) is 0 Å². The van der Waals surface area contributed by atoms with Gasteiger partial charge in [-0.05, 0) is 74.0 Å². The zero-order valence-corrected chi connectivity index (χ0v) is 24.4. The lowest BCUT2D eigenvalue weighted by Gasteiger charge is -2.39. The van der Waals surface area contributed by atoms with Gasteiger partial charge in [-0.25, -0.2) is 19.0 Å². The predicted molar refractivity (Wildman–Crippen MR) is 147 cm³/mol. The molecule has 2 bridgehead atoms. The maximum Gasteiger partial charge on any atom is 0.410 e. The Hall–Kier alpha value is -2.53. The molecule has 0 spiro atoms. The molecule has 0 radical (unpaired) electrons. The average Bonchev–Trinajstić information content (AvgIpc) is 3.61. The minimum absolute atomic E-state index is 0.0130. The highest BCUT2D eigenvalue weighted by Gasteiger charge is 2.56. The monoisotopic (exact) mass is 604 g/mol.